The van der Waals surface area contributed by atoms with Crippen molar-refractivity contribution < 1.29 is 4.42 Å². The number of aryl methyl sites for hydroxylation is 1. The first kappa shape index (κ1) is 12.9. The van der Waals surface area contributed by atoms with Gasteiger partial charge in [0.1, 0.15) is 5.82 Å². The Hall–Kier alpha value is -1.85. The predicted octanol–water partition coefficient (Wildman–Crippen LogP) is 3.30. The molecule has 0 saturated carbocycles. The molecule has 0 spiro atoms. The molecule has 0 atom stereocenters. The van der Waals surface area contributed by atoms with E-state index in [0.717, 1.165) is 18.7 Å². The maximum absolute atomic E-state index is 12.3. The van der Waals surface area contributed by atoms with Crippen LogP contribution < -0.4 is 5.56 Å². The largest absolute Gasteiger partial charge is 0.417 e. The van der Waals surface area contributed by atoms with Gasteiger partial charge in [-0.15, -0.1) is 0 Å². The van der Waals surface area contributed by atoms with Crippen LogP contribution in [0.2, 0.25) is 10.0 Å². The summed E-state index contributed by atoms with van der Waals surface area (Å²) < 4.78 is 7.27. The number of oxazole rings is 1. The first-order valence-electron chi connectivity index (χ1n) is 6.49. The van der Waals surface area contributed by atoms with Gasteiger partial charge in [0.05, 0.1) is 10.0 Å². The number of aromatic nitrogens is 3. The molecular weight excluding hydrogens is 313 g/mol. The van der Waals surface area contributed by atoms with Crippen LogP contribution >= 0.6 is 23.2 Å². The smallest absolute Gasteiger partial charge is 0.283 e. The molecule has 1 aliphatic rings. The first-order valence-corrected chi connectivity index (χ1v) is 7.25. The summed E-state index contributed by atoms with van der Waals surface area (Å²) in [6.07, 6.45) is 1.71. The van der Waals surface area contributed by atoms with E-state index in [1.165, 1.54) is 0 Å². The van der Waals surface area contributed by atoms with E-state index in [4.69, 9.17) is 27.6 Å². The van der Waals surface area contributed by atoms with Crippen LogP contribution in [-0.2, 0) is 13.0 Å². The zero-order chi connectivity index (χ0) is 14.6. The number of fused-ring (bicyclic) bond motifs is 2. The molecule has 7 heteroatoms. The quantitative estimate of drug-likeness (QED) is 0.690. The number of hydrogen-bond acceptors (Lipinski definition) is 4. The fourth-order valence-corrected chi connectivity index (χ4v) is 2.82. The lowest BCUT2D eigenvalue weighted by molar-refractivity contribution is 0.602. The zero-order valence-corrected chi connectivity index (χ0v) is 12.3. The first-order chi connectivity index (χ1) is 10.1. The molecule has 0 N–H and O–H groups in total. The minimum absolute atomic E-state index is 0.150. The summed E-state index contributed by atoms with van der Waals surface area (Å²) >= 11 is 11.9. The van der Waals surface area contributed by atoms with Gasteiger partial charge in [0.2, 0.25) is 5.89 Å². The van der Waals surface area contributed by atoms with Crippen LogP contribution in [-0.4, -0.2) is 14.5 Å². The van der Waals surface area contributed by atoms with Crippen molar-refractivity contribution >= 4 is 34.4 Å². The minimum Gasteiger partial charge on any atom is -0.417 e. The average Bonchev–Trinajstić information content (AvgIpc) is 3.09. The molecule has 3 heterocycles. The molecule has 0 bridgehead atoms. The maximum Gasteiger partial charge on any atom is 0.283 e. The molecular formula is C14H9Cl2N3O2. The molecule has 0 aliphatic carbocycles. The van der Waals surface area contributed by atoms with E-state index in [1.54, 1.807) is 22.8 Å². The number of hydrogen-bond donors (Lipinski definition) is 0. The molecule has 3 aromatic rings. The molecule has 21 heavy (non-hydrogen) atoms. The summed E-state index contributed by atoms with van der Waals surface area (Å²) in [5.41, 5.74) is 1.03. The Morgan fingerprint density at radius 3 is 2.86 bits per heavy atom. The third-order valence-electron chi connectivity index (χ3n) is 3.55. The van der Waals surface area contributed by atoms with Crippen molar-refractivity contribution in [2.45, 2.75) is 19.4 Å². The number of nitrogens with zero attached hydrogens (tertiary/aromatic N) is 3. The van der Waals surface area contributed by atoms with Gasteiger partial charge in [-0.25, -0.2) is 4.98 Å². The van der Waals surface area contributed by atoms with Crippen molar-refractivity contribution in [2.75, 3.05) is 0 Å². The standard InChI is InChI=1S/C14H9Cl2N3O2/c15-8-4-3-7(6-9(8)16)12-18-11-13(21-12)17-10-2-1-5-19(10)14(11)20/h3-4,6H,1-2,5H2. The van der Waals surface area contributed by atoms with E-state index in [1.807, 2.05) is 0 Å². The lowest BCUT2D eigenvalue weighted by atomic mass is 10.2. The fourth-order valence-electron chi connectivity index (χ4n) is 2.52. The SMILES string of the molecule is O=c1c2nc(-c3ccc(Cl)c(Cl)c3)oc2nc2n1CCC2. The third-order valence-corrected chi connectivity index (χ3v) is 4.29. The van der Waals surface area contributed by atoms with Gasteiger partial charge in [0, 0.05) is 18.5 Å². The summed E-state index contributed by atoms with van der Waals surface area (Å²) in [4.78, 5) is 21.0. The van der Waals surface area contributed by atoms with Gasteiger partial charge in [0.15, 0.2) is 5.52 Å². The molecule has 5 nitrogen and oxygen atoms in total. The Labute approximate surface area is 129 Å². The maximum atomic E-state index is 12.3. The lowest BCUT2D eigenvalue weighted by Gasteiger charge is -1.98. The molecule has 4 rings (SSSR count). The molecule has 0 unspecified atom stereocenters. The van der Waals surface area contributed by atoms with Gasteiger partial charge in [-0.1, -0.05) is 23.2 Å². The van der Waals surface area contributed by atoms with Gasteiger partial charge in [-0.05, 0) is 24.6 Å². The van der Waals surface area contributed by atoms with Crippen molar-refractivity contribution in [3.05, 3.63) is 44.4 Å². The Morgan fingerprint density at radius 1 is 1.19 bits per heavy atom. The van der Waals surface area contributed by atoms with Crippen molar-refractivity contribution in [2.24, 2.45) is 0 Å². The summed E-state index contributed by atoms with van der Waals surface area (Å²) in [6, 6.07) is 5.05. The zero-order valence-electron chi connectivity index (χ0n) is 10.8. The highest BCUT2D eigenvalue weighted by Crippen LogP contribution is 2.29. The number of rotatable bonds is 1. The summed E-state index contributed by atoms with van der Waals surface area (Å²) in [6.45, 7) is 0.687. The van der Waals surface area contributed by atoms with Crippen LogP contribution in [0.5, 0.6) is 0 Å². The molecule has 106 valence electrons. The number of benzene rings is 1. The highest BCUT2D eigenvalue weighted by atomic mass is 35.5. The fraction of sp³-hybridized carbons (Fsp3) is 0.214. The summed E-state index contributed by atoms with van der Waals surface area (Å²) in [5.74, 6) is 1.07. The lowest BCUT2D eigenvalue weighted by Crippen LogP contribution is -2.20. The second kappa shape index (κ2) is 4.58. The van der Waals surface area contributed by atoms with E-state index in [9.17, 15) is 4.79 Å². The van der Waals surface area contributed by atoms with E-state index < -0.39 is 0 Å². The molecule has 0 saturated heterocycles. The van der Waals surface area contributed by atoms with Gasteiger partial charge in [-0.2, -0.15) is 4.98 Å². The monoisotopic (exact) mass is 321 g/mol. The highest BCUT2D eigenvalue weighted by molar-refractivity contribution is 6.42. The third kappa shape index (κ3) is 1.96. The summed E-state index contributed by atoms with van der Waals surface area (Å²) in [7, 11) is 0. The van der Waals surface area contributed by atoms with Crippen LogP contribution in [0.4, 0.5) is 0 Å². The van der Waals surface area contributed by atoms with Gasteiger partial charge in [0.25, 0.3) is 11.3 Å². The Kier molecular flexibility index (Phi) is 2.80. The highest BCUT2D eigenvalue weighted by Gasteiger charge is 2.20. The van der Waals surface area contributed by atoms with Gasteiger partial charge < -0.3 is 4.42 Å². The van der Waals surface area contributed by atoms with Crippen molar-refractivity contribution in [3.8, 4) is 11.5 Å². The van der Waals surface area contributed by atoms with E-state index in [-0.39, 0.29) is 16.8 Å². The second-order valence-electron chi connectivity index (χ2n) is 4.89. The Balaban J connectivity index is 1.93. The molecule has 0 radical (unpaired) electrons. The van der Waals surface area contributed by atoms with Crippen LogP contribution in [0, 0.1) is 0 Å². The van der Waals surface area contributed by atoms with E-state index in [0.29, 0.717) is 28.0 Å². The molecule has 1 aliphatic heterocycles. The molecule has 0 fully saturated rings. The Bertz CT molecular complexity index is 930. The molecule has 1 aromatic carbocycles. The van der Waals surface area contributed by atoms with Crippen molar-refractivity contribution in [1.82, 2.24) is 14.5 Å². The van der Waals surface area contributed by atoms with Gasteiger partial charge in [-0.3, -0.25) is 9.36 Å². The topological polar surface area (TPSA) is 60.9 Å². The van der Waals surface area contributed by atoms with E-state index in [2.05, 4.69) is 9.97 Å². The second-order valence-corrected chi connectivity index (χ2v) is 5.70. The van der Waals surface area contributed by atoms with Gasteiger partial charge >= 0.3 is 0 Å². The van der Waals surface area contributed by atoms with Crippen LogP contribution in [0.1, 0.15) is 12.2 Å². The average molecular weight is 322 g/mol. The van der Waals surface area contributed by atoms with Crippen LogP contribution in [0.3, 0.4) is 0 Å². The van der Waals surface area contributed by atoms with Crippen LogP contribution in [0.15, 0.2) is 27.4 Å². The Morgan fingerprint density at radius 2 is 2.05 bits per heavy atom. The predicted molar refractivity (Wildman–Crippen MR) is 79.8 cm³/mol. The van der Waals surface area contributed by atoms with E-state index >= 15 is 0 Å². The summed E-state index contributed by atoms with van der Waals surface area (Å²) in [5, 5.41) is 0.859. The van der Waals surface area contributed by atoms with Crippen molar-refractivity contribution in [3.63, 3.8) is 0 Å². The van der Waals surface area contributed by atoms with Crippen molar-refractivity contribution in [1.29, 1.82) is 0 Å². The normalized spacial score (nSPS) is 13.8. The number of halogens is 2. The van der Waals surface area contributed by atoms with Crippen LogP contribution in [0.25, 0.3) is 22.7 Å². The molecule has 2 aromatic heterocycles. The molecule has 0 amide bonds. The minimum atomic E-state index is -0.150.